The number of benzene rings is 4. The van der Waals surface area contributed by atoms with E-state index >= 15 is 0 Å². The molecule has 8 nitrogen and oxygen atoms in total. The zero-order chi connectivity index (χ0) is 39.1. The molecular weight excluding hydrogens is 837 g/mol. The third-order valence-corrected chi connectivity index (χ3v) is 9.25. The monoisotopic (exact) mass is 872 g/mol. The van der Waals surface area contributed by atoms with Crippen molar-refractivity contribution in [3.05, 3.63) is 172 Å². The van der Waals surface area contributed by atoms with Crippen molar-refractivity contribution in [2.75, 3.05) is 0 Å². The standard InChI is InChI=1S/C22H17Cl2N2O2.C22H20N2O2.Co.Ni/c1-12-9-13(2)20(14(3)10-12)25-11-16(27)18-17(15-7-5-4-6-8-15)22(28)26-21(24)19(18)23;1-14-11-15(2)21(16(3)12-14)23-13-20(25)18-9-10-19(24-22(18)26)17-7-5-4-6-8-17;;/h4-7,9-11H,1-3H3,(H,26,28);4-13H,1-3H3,(H,24,26);;/q-1;;;. The number of carbonyl (C=O) groups is 2. The number of carbonyl (C=O) groups excluding carboxylic acids is 2. The second-order valence-corrected chi connectivity index (χ2v) is 13.6. The third kappa shape index (κ3) is 10.9. The van der Waals surface area contributed by atoms with Crippen LogP contribution in [0.25, 0.3) is 22.4 Å². The molecule has 2 aromatic heterocycles. The van der Waals surface area contributed by atoms with Gasteiger partial charge in [0.2, 0.25) is 11.3 Å². The molecule has 6 aromatic rings. The molecule has 0 spiro atoms. The van der Waals surface area contributed by atoms with E-state index in [0.29, 0.717) is 16.9 Å². The number of nitrogens with one attached hydrogen (secondary N) is 2. The van der Waals surface area contributed by atoms with E-state index in [2.05, 4.69) is 26.0 Å². The molecule has 56 heavy (non-hydrogen) atoms. The molecule has 1 radical (unpaired) electrons. The first kappa shape index (κ1) is 45.4. The number of hydrogen-bond acceptors (Lipinski definition) is 6. The number of aryl methyl sites for hydroxylation is 6. The van der Waals surface area contributed by atoms with Gasteiger partial charge in [0, 0.05) is 44.5 Å². The molecule has 0 atom stereocenters. The molecule has 0 bridgehead atoms. The van der Waals surface area contributed by atoms with Gasteiger partial charge in [-0.2, -0.15) is 0 Å². The largest absolute Gasteiger partial charge is 0.321 e. The summed E-state index contributed by atoms with van der Waals surface area (Å²) in [6.07, 6.45) is 2.39. The first-order valence-corrected chi connectivity index (χ1v) is 17.7. The van der Waals surface area contributed by atoms with Crippen molar-refractivity contribution in [3.8, 4) is 22.4 Å². The zero-order valence-electron chi connectivity index (χ0n) is 31.2. The molecule has 2 heterocycles. The Hall–Kier alpha value is -4.96. The number of ketones is 2. The number of nitrogens with zero attached hydrogens (tertiary/aromatic N) is 2. The molecule has 0 aliphatic rings. The minimum atomic E-state index is -0.517. The molecule has 4 aromatic carbocycles. The average molecular weight is 874 g/mol. The Morgan fingerprint density at radius 3 is 1.68 bits per heavy atom. The number of aromatic nitrogens is 2. The summed E-state index contributed by atoms with van der Waals surface area (Å²) < 4.78 is 0. The summed E-state index contributed by atoms with van der Waals surface area (Å²) in [4.78, 5) is 64.1. The van der Waals surface area contributed by atoms with Gasteiger partial charge < -0.3 is 9.97 Å². The van der Waals surface area contributed by atoms with Crippen LogP contribution in [0.1, 0.15) is 54.1 Å². The number of pyridine rings is 2. The van der Waals surface area contributed by atoms with Crippen molar-refractivity contribution < 1.29 is 42.9 Å². The van der Waals surface area contributed by atoms with Gasteiger partial charge in [0.1, 0.15) is 5.15 Å². The molecule has 0 aliphatic carbocycles. The van der Waals surface area contributed by atoms with Crippen LogP contribution in [0.3, 0.4) is 0 Å². The van der Waals surface area contributed by atoms with Crippen molar-refractivity contribution in [2.45, 2.75) is 41.5 Å². The van der Waals surface area contributed by atoms with E-state index in [4.69, 9.17) is 23.2 Å². The van der Waals surface area contributed by atoms with Gasteiger partial charge in [-0.05, 0) is 87.1 Å². The number of rotatable bonds is 8. The van der Waals surface area contributed by atoms with Crippen LogP contribution >= 0.6 is 23.2 Å². The van der Waals surface area contributed by atoms with Gasteiger partial charge in [-0.1, -0.05) is 88.9 Å². The smallest absolute Gasteiger partial charge is 0.259 e. The maximum Gasteiger partial charge on any atom is 0.259 e. The number of aromatic amines is 2. The van der Waals surface area contributed by atoms with Crippen LogP contribution in [0.2, 0.25) is 10.2 Å². The van der Waals surface area contributed by atoms with Gasteiger partial charge in [0.25, 0.3) is 5.56 Å². The number of halogens is 2. The summed E-state index contributed by atoms with van der Waals surface area (Å²) in [6, 6.07) is 30.6. The van der Waals surface area contributed by atoms with Crippen molar-refractivity contribution >= 4 is 58.6 Å². The van der Waals surface area contributed by atoms with Crippen LogP contribution in [-0.4, -0.2) is 34.0 Å². The molecule has 6 rings (SSSR count). The van der Waals surface area contributed by atoms with Crippen molar-refractivity contribution in [3.63, 3.8) is 0 Å². The van der Waals surface area contributed by atoms with E-state index in [-0.39, 0.29) is 60.1 Å². The topological polar surface area (TPSA) is 125 Å². The second kappa shape index (κ2) is 20.3. The molecule has 12 heteroatoms. The predicted molar refractivity (Wildman–Crippen MR) is 220 cm³/mol. The molecular formula is C44H37Cl2CoN4NiO4-. The first-order chi connectivity index (χ1) is 25.7. The van der Waals surface area contributed by atoms with E-state index in [1.54, 1.807) is 36.4 Å². The molecule has 0 aliphatic heterocycles. The van der Waals surface area contributed by atoms with E-state index in [1.165, 1.54) is 12.4 Å². The number of H-pyrrole nitrogens is 2. The Bertz CT molecular complexity index is 2520. The minimum absolute atomic E-state index is 0. The van der Waals surface area contributed by atoms with Gasteiger partial charge >= 0.3 is 0 Å². The SMILES string of the molecule is Cc1cc(C)c(N=CC(=O)c2c(Cl)c(Cl)[nH]c(=O)c2-c2[c-]cccc2)c(C)c1.Cc1cc(C)c(N=CC(=O)c2ccc(-c3ccccc3)[nH]c2=O)c(C)c1.[Co].[Ni]. The van der Waals surface area contributed by atoms with Crippen LogP contribution < -0.4 is 11.1 Å². The second-order valence-electron chi connectivity index (χ2n) is 12.8. The van der Waals surface area contributed by atoms with Crippen LogP contribution in [-0.2, 0) is 33.3 Å². The Morgan fingerprint density at radius 1 is 0.661 bits per heavy atom. The summed E-state index contributed by atoms with van der Waals surface area (Å²) in [6.45, 7) is 11.8. The number of aliphatic imine (C=N–C) groups is 2. The van der Waals surface area contributed by atoms with Crippen molar-refractivity contribution in [1.29, 1.82) is 0 Å². The zero-order valence-corrected chi connectivity index (χ0v) is 34.8. The fourth-order valence-corrected chi connectivity index (χ4v) is 6.59. The first-order valence-electron chi connectivity index (χ1n) is 16.9. The maximum absolute atomic E-state index is 13.0. The third-order valence-electron chi connectivity index (χ3n) is 8.49. The van der Waals surface area contributed by atoms with Gasteiger partial charge in [-0.15, -0.1) is 35.9 Å². The molecule has 2 N–H and O–H groups in total. The molecule has 0 saturated heterocycles. The minimum Gasteiger partial charge on any atom is -0.321 e. The Morgan fingerprint density at radius 2 is 1.18 bits per heavy atom. The molecule has 0 fully saturated rings. The Kier molecular flexibility index (Phi) is 16.4. The van der Waals surface area contributed by atoms with Gasteiger partial charge in [-0.3, -0.25) is 29.2 Å². The van der Waals surface area contributed by atoms with Crippen LogP contribution in [0.5, 0.6) is 0 Å². The summed E-state index contributed by atoms with van der Waals surface area (Å²) in [5.41, 5.74) is 8.92. The van der Waals surface area contributed by atoms with Crippen LogP contribution in [0, 0.1) is 47.6 Å². The van der Waals surface area contributed by atoms with Crippen LogP contribution in [0.15, 0.2) is 111 Å². The molecule has 0 amide bonds. The maximum atomic E-state index is 13.0. The summed E-state index contributed by atoms with van der Waals surface area (Å²) in [5.74, 6) is -0.921. The summed E-state index contributed by atoms with van der Waals surface area (Å²) in [5, 5.41) is -0.117. The van der Waals surface area contributed by atoms with E-state index in [1.807, 2.05) is 96.1 Å². The number of Topliss-reactive ketones (excluding diaryl/α,β-unsaturated/α-hetero) is 2. The van der Waals surface area contributed by atoms with Crippen LogP contribution in [0.4, 0.5) is 11.4 Å². The fourth-order valence-electron chi connectivity index (χ4n) is 6.17. The van der Waals surface area contributed by atoms with E-state index in [9.17, 15) is 19.2 Å². The fraction of sp³-hybridized carbons (Fsp3) is 0.136. The average Bonchev–Trinajstić information content (AvgIpc) is 3.13. The van der Waals surface area contributed by atoms with E-state index in [0.717, 1.165) is 44.6 Å². The Balaban J connectivity index is 0.000000291. The predicted octanol–water partition coefficient (Wildman–Crippen LogP) is 10.2. The van der Waals surface area contributed by atoms with Gasteiger partial charge in [0.15, 0.2) is 5.78 Å². The van der Waals surface area contributed by atoms with E-state index < -0.39 is 22.7 Å². The van der Waals surface area contributed by atoms with Gasteiger partial charge in [-0.25, -0.2) is 0 Å². The summed E-state index contributed by atoms with van der Waals surface area (Å²) >= 11 is 12.3. The molecule has 0 saturated carbocycles. The van der Waals surface area contributed by atoms with Gasteiger partial charge in [0.05, 0.1) is 34.4 Å². The normalized spacial score (nSPS) is 10.7. The quantitative estimate of drug-likeness (QED) is 0.0520. The Labute approximate surface area is 355 Å². The van der Waals surface area contributed by atoms with Crippen molar-refractivity contribution in [2.24, 2.45) is 9.98 Å². The molecule has 291 valence electrons. The summed E-state index contributed by atoms with van der Waals surface area (Å²) in [7, 11) is 0. The van der Waals surface area contributed by atoms with Crippen molar-refractivity contribution in [1.82, 2.24) is 9.97 Å². The molecule has 0 unspecified atom stereocenters. The number of hydrogen-bond donors (Lipinski definition) is 2.